The van der Waals surface area contributed by atoms with Gasteiger partial charge in [0.05, 0.1) is 23.4 Å². The molecule has 0 aliphatic heterocycles. The molecule has 1 N–H and O–H groups in total. The topological polar surface area (TPSA) is 101 Å². The number of nitriles is 1. The second-order valence-electron chi connectivity index (χ2n) is 5.36. The van der Waals surface area contributed by atoms with Crippen molar-refractivity contribution < 1.29 is 9.66 Å². The number of non-ortho nitro benzene ring substituents is 1. The van der Waals surface area contributed by atoms with Crippen LogP contribution in [0, 0.1) is 21.4 Å². The number of ether oxygens (including phenoxy) is 1. The summed E-state index contributed by atoms with van der Waals surface area (Å²) < 4.78 is 5.27. The molecule has 7 nitrogen and oxygen atoms in total. The maximum atomic E-state index is 10.9. The Morgan fingerprint density at radius 3 is 2.89 bits per heavy atom. The summed E-state index contributed by atoms with van der Waals surface area (Å²) in [7, 11) is 1.57. The fourth-order valence-corrected chi connectivity index (χ4v) is 3.16. The Kier molecular flexibility index (Phi) is 5.44. The van der Waals surface area contributed by atoms with Gasteiger partial charge in [-0.1, -0.05) is 24.3 Å². The number of hydrogen-bond donors (Lipinski definition) is 1. The van der Waals surface area contributed by atoms with Crippen molar-refractivity contribution in [1.29, 1.82) is 5.26 Å². The number of aromatic nitrogens is 1. The van der Waals surface area contributed by atoms with Gasteiger partial charge < -0.3 is 10.1 Å². The quantitative estimate of drug-likeness (QED) is 0.379. The molecule has 134 valence electrons. The molecule has 0 unspecified atom stereocenters. The van der Waals surface area contributed by atoms with E-state index in [1.54, 1.807) is 30.8 Å². The number of hydrogen-bond acceptors (Lipinski definition) is 7. The largest absolute Gasteiger partial charge is 0.495 e. The molecule has 27 heavy (non-hydrogen) atoms. The van der Waals surface area contributed by atoms with E-state index in [9.17, 15) is 15.4 Å². The highest BCUT2D eigenvalue weighted by atomic mass is 32.1. The van der Waals surface area contributed by atoms with Crippen molar-refractivity contribution in [3.05, 3.63) is 75.2 Å². The monoisotopic (exact) mass is 378 g/mol. The van der Waals surface area contributed by atoms with Gasteiger partial charge in [-0.15, -0.1) is 11.3 Å². The third kappa shape index (κ3) is 4.11. The van der Waals surface area contributed by atoms with Gasteiger partial charge in [0.25, 0.3) is 5.69 Å². The molecule has 0 radical (unpaired) electrons. The summed E-state index contributed by atoms with van der Waals surface area (Å²) in [5.41, 5.74) is 2.28. The van der Waals surface area contributed by atoms with E-state index < -0.39 is 4.92 Å². The molecule has 0 saturated heterocycles. The molecule has 0 aliphatic rings. The first-order chi connectivity index (χ1) is 13.1. The number of para-hydroxylation sites is 2. The predicted molar refractivity (Wildman–Crippen MR) is 104 cm³/mol. The molecular formula is C19H14N4O3S. The lowest BCUT2D eigenvalue weighted by Gasteiger charge is -2.07. The van der Waals surface area contributed by atoms with Crippen LogP contribution in [0.3, 0.4) is 0 Å². The highest BCUT2D eigenvalue weighted by Gasteiger charge is 2.12. The molecule has 0 spiro atoms. The van der Waals surface area contributed by atoms with Gasteiger partial charge in [-0.3, -0.25) is 10.1 Å². The Morgan fingerprint density at radius 2 is 2.15 bits per heavy atom. The van der Waals surface area contributed by atoms with Crippen LogP contribution < -0.4 is 10.1 Å². The molecule has 3 aromatic rings. The maximum absolute atomic E-state index is 10.9. The van der Waals surface area contributed by atoms with Crippen LogP contribution in [0.5, 0.6) is 5.75 Å². The molecule has 8 heteroatoms. The molecule has 0 aliphatic carbocycles. The van der Waals surface area contributed by atoms with Crippen molar-refractivity contribution in [2.75, 3.05) is 12.4 Å². The molecule has 1 aromatic heterocycles. The van der Waals surface area contributed by atoms with E-state index in [2.05, 4.69) is 16.4 Å². The number of thiazole rings is 1. The first-order valence-corrected chi connectivity index (χ1v) is 8.71. The van der Waals surface area contributed by atoms with E-state index in [-0.39, 0.29) is 5.69 Å². The van der Waals surface area contributed by atoms with Gasteiger partial charge in [0.15, 0.2) is 0 Å². The summed E-state index contributed by atoms with van der Waals surface area (Å²) in [6, 6.07) is 15.7. The zero-order valence-electron chi connectivity index (χ0n) is 14.2. The Hall–Kier alpha value is -3.70. The molecule has 0 atom stereocenters. The standard InChI is InChI=1S/C19H14N4O3S/c1-26-18-8-3-2-7-16(18)21-11-14(10-20)19-22-17(12-27-19)13-5-4-6-15(9-13)23(24)25/h2-9,11-12,21H,1H3/b14-11+. The first kappa shape index (κ1) is 18.1. The normalized spacial score (nSPS) is 10.9. The maximum Gasteiger partial charge on any atom is 0.270 e. The predicted octanol–water partition coefficient (Wildman–Crippen LogP) is 4.70. The fraction of sp³-hybridized carbons (Fsp3) is 0.0526. The third-order valence-electron chi connectivity index (χ3n) is 3.69. The molecule has 0 saturated carbocycles. The van der Waals surface area contributed by atoms with Crippen LogP contribution in [0.2, 0.25) is 0 Å². The number of allylic oxidation sites excluding steroid dienone is 1. The summed E-state index contributed by atoms with van der Waals surface area (Å²) in [5, 5.41) is 25.7. The van der Waals surface area contributed by atoms with Crippen LogP contribution in [-0.2, 0) is 0 Å². The minimum absolute atomic E-state index is 0.00376. The van der Waals surface area contributed by atoms with E-state index in [1.807, 2.05) is 24.3 Å². The van der Waals surface area contributed by atoms with Crippen LogP contribution in [0.4, 0.5) is 11.4 Å². The van der Waals surface area contributed by atoms with Crippen molar-refractivity contribution in [3.8, 4) is 23.1 Å². The van der Waals surface area contributed by atoms with Gasteiger partial charge in [-0.05, 0) is 12.1 Å². The van der Waals surface area contributed by atoms with Gasteiger partial charge in [0, 0.05) is 29.3 Å². The zero-order valence-corrected chi connectivity index (χ0v) is 15.1. The number of rotatable bonds is 6. The molecule has 1 heterocycles. The Morgan fingerprint density at radius 1 is 1.33 bits per heavy atom. The summed E-state index contributed by atoms with van der Waals surface area (Å²) in [6.45, 7) is 0. The van der Waals surface area contributed by atoms with Gasteiger partial charge in [0.2, 0.25) is 0 Å². The fourth-order valence-electron chi connectivity index (χ4n) is 2.36. The molecule has 0 amide bonds. The van der Waals surface area contributed by atoms with E-state index in [0.717, 1.165) is 5.69 Å². The van der Waals surface area contributed by atoms with Gasteiger partial charge in [0.1, 0.15) is 22.4 Å². The average molecular weight is 378 g/mol. The van der Waals surface area contributed by atoms with E-state index >= 15 is 0 Å². The van der Waals surface area contributed by atoms with E-state index in [1.165, 1.54) is 23.5 Å². The number of benzene rings is 2. The van der Waals surface area contributed by atoms with Crippen molar-refractivity contribution in [2.45, 2.75) is 0 Å². The Labute approximate surface area is 159 Å². The minimum atomic E-state index is -0.450. The molecule has 0 fully saturated rings. The Bertz CT molecular complexity index is 1050. The molecule has 0 bridgehead atoms. The summed E-state index contributed by atoms with van der Waals surface area (Å²) in [5.74, 6) is 0.655. The number of nitro benzene ring substituents is 1. The van der Waals surface area contributed by atoms with Crippen LogP contribution in [0.25, 0.3) is 16.8 Å². The van der Waals surface area contributed by atoms with Gasteiger partial charge in [-0.2, -0.15) is 5.26 Å². The third-order valence-corrected chi connectivity index (χ3v) is 4.56. The van der Waals surface area contributed by atoms with E-state index in [4.69, 9.17) is 4.74 Å². The van der Waals surface area contributed by atoms with Crippen molar-refractivity contribution >= 4 is 28.3 Å². The van der Waals surface area contributed by atoms with Crippen LogP contribution >= 0.6 is 11.3 Å². The molecular weight excluding hydrogens is 364 g/mol. The zero-order chi connectivity index (χ0) is 19.2. The van der Waals surface area contributed by atoms with Crippen LogP contribution in [0.1, 0.15) is 5.01 Å². The van der Waals surface area contributed by atoms with E-state index in [0.29, 0.717) is 27.6 Å². The Balaban J connectivity index is 1.86. The van der Waals surface area contributed by atoms with Gasteiger partial charge in [-0.25, -0.2) is 4.98 Å². The highest BCUT2D eigenvalue weighted by Crippen LogP contribution is 2.29. The summed E-state index contributed by atoms with van der Waals surface area (Å²) in [4.78, 5) is 14.9. The van der Waals surface area contributed by atoms with Gasteiger partial charge >= 0.3 is 0 Å². The number of nitrogens with zero attached hydrogens (tertiary/aromatic N) is 3. The number of nitro groups is 1. The number of anilines is 1. The highest BCUT2D eigenvalue weighted by molar-refractivity contribution is 7.11. The lowest BCUT2D eigenvalue weighted by Crippen LogP contribution is -1.94. The SMILES string of the molecule is COc1ccccc1N/C=C(\C#N)c1nc(-c2cccc([N+](=O)[O-])c2)cs1. The molecule has 2 aromatic carbocycles. The smallest absolute Gasteiger partial charge is 0.270 e. The van der Waals surface area contributed by atoms with Crippen molar-refractivity contribution in [1.82, 2.24) is 4.98 Å². The summed E-state index contributed by atoms with van der Waals surface area (Å²) in [6.07, 6.45) is 1.56. The average Bonchev–Trinajstić information content (AvgIpc) is 3.19. The second kappa shape index (κ2) is 8.12. The van der Waals surface area contributed by atoms with Crippen molar-refractivity contribution in [2.24, 2.45) is 0 Å². The second-order valence-corrected chi connectivity index (χ2v) is 6.22. The van der Waals surface area contributed by atoms with Crippen molar-refractivity contribution in [3.63, 3.8) is 0 Å². The van der Waals surface area contributed by atoms with Crippen LogP contribution in [-0.4, -0.2) is 17.0 Å². The lowest BCUT2D eigenvalue weighted by molar-refractivity contribution is -0.384. The first-order valence-electron chi connectivity index (χ1n) is 7.83. The number of nitrogens with one attached hydrogen (secondary N) is 1. The summed E-state index contributed by atoms with van der Waals surface area (Å²) >= 11 is 1.29. The molecule has 3 rings (SSSR count). The lowest BCUT2D eigenvalue weighted by atomic mass is 10.1. The minimum Gasteiger partial charge on any atom is -0.495 e. The number of methoxy groups -OCH3 is 1. The van der Waals surface area contributed by atoms with Crippen LogP contribution in [0.15, 0.2) is 60.1 Å².